The van der Waals surface area contributed by atoms with E-state index >= 15 is 0 Å². The number of nitrogens with one attached hydrogen (secondary N) is 1. The molecule has 0 bridgehead atoms. The number of amides is 2. The number of aliphatic hydroxyl groups excluding tert-OH is 1. The van der Waals surface area contributed by atoms with Crippen LogP contribution in [-0.4, -0.2) is 83.0 Å². The van der Waals surface area contributed by atoms with E-state index in [0.29, 0.717) is 30.9 Å². The molecule has 1 saturated heterocycles. The van der Waals surface area contributed by atoms with Crippen molar-refractivity contribution >= 4 is 23.6 Å². The molecule has 0 aromatic rings. The van der Waals surface area contributed by atoms with Crippen LogP contribution in [-0.2, 0) is 14.4 Å². The number of carboxylic acids is 1. The Hall–Kier alpha value is -2.42. The van der Waals surface area contributed by atoms with E-state index in [9.17, 15) is 24.6 Å². The molecular weight excluding hydrogens is 340 g/mol. The van der Waals surface area contributed by atoms with E-state index in [2.05, 4.69) is 10.3 Å². The summed E-state index contributed by atoms with van der Waals surface area (Å²) in [5.41, 5.74) is 0.722. The molecule has 0 aromatic heterocycles. The average molecular weight is 364 g/mol. The Bertz CT molecular complexity index is 712. The molecule has 0 radical (unpaired) electrons. The van der Waals surface area contributed by atoms with Crippen LogP contribution >= 0.6 is 0 Å². The van der Waals surface area contributed by atoms with Gasteiger partial charge >= 0.3 is 5.97 Å². The van der Waals surface area contributed by atoms with E-state index in [4.69, 9.17) is 0 Å². The number of fused-ring (bicyclic) bond motifs is 1. The van der Waals surface area contributed by atoms with Gasteiger partial charge in [-0.05, 0) is 18.9 Å². The molecule has 2 amide bonds. The molecule has 3 aliphatic rings. The molecule has 9 heteroatoms. The molecule has 26 heavy (non-hydrogen) atoms. The van der Waals surface area contributed by atoms with Gasteiger partial charge in [-0.25, -0.2) is 4.79 Å². The summed E-state index contributed by atoms with van der Waals surface area (Å²) < 4.78 is 0. The maximum absolute atomic E-state index is 12.2. The fraction of sp³-hybridized carbons (Fsp3) is 0.647. The fourth-order valence-electron chi connectivity index (χ4n) is 3.90. The molecule has 3 aliphatic heterocycles. The molecule has 3 N–H and O–H groups in total. The van der Waals surface area contributed by atoms with Crippen molar-refractivity contribution in [2.75, 3.05) is 27.2 Å². The quantitative estimate of drug-likeness (QED) is 0.540. The van der Waals surface area contributed by atoms with Crippen LogP contribution in [0.4, 0.5) is 0 Å². The number of nitrogens with zero attached hydrogens (tertiary/aromatic N) is 3. The number of carboxylic acid groups (broad SMARTS) is 1. The van der Waals surface area contributed by atoms with Gasteiger partial charge in [0.2, 0.25) is 11.8 Å². The third-order valence-corrected chi connectivity index (χ3v) is 5.33. The minimum absolute atomic E-state index is 0.0340. The van der Waals surface area contributed by atoms with Crippen molar-refractivity contribution in [3.05, 3.63) is 11.3 Å². The molecular formula is C17H24N4O5. The van der Waals surface area contributed by atoms with Crippen molar-refractivity contribution < 1.29 is 24.6 Å². The second kappa shape index (κ2) is 6.71. The van der Waals surface area contributed by atoms with E-state index < -0.39 is 18.0 Å². The number of hydrogen-bond donors (Lipinski definition) is 3. The summed E-state index contributed by atoms with van der Waals surface area (Å²) >= 11 is 0. The van der Waals surface area contributed by atoms with Crippen molar-refractivity contribution in [2.45, 2.75) is 31.9 Å². The van der Waals surface area contributed by atoms with Crippen molar-refractivity contribution in [2.24, 2.45) is 16.8 Å². The maximum Gasteiger partial charge on any atom is 0.352 e. The number of amidine groups is 1. The van der Waals surface area contributed by atoms with E-state index in [1.54, 1.807) is 21.0 Å². The van der Waals surface area contributed by atoms with Gasteiger partial charge in [-0.3, -0.25) is 14.6 Å². The number of aliphatic imine (C=N–C) groups is 1. The Morgan fingerprint density at radius 3 is 2.62 bits per heavy atom. The lowest BCUT2D eigenvalue weighted by molar-refractivity contribution is -0.161. The van der Waals surface area contributed by atoms with Gasteiger partial charge in [-0.1, -0.05) is 0 Å². The molecule has 0 saturated carbocycles. The van der Waals surface area contributed by atoms with Crippen LogP contribution in [0, 0.1) is 11.8 Å². The second-order valence-electron chi connectivity index (χ2n) is 7.26. The topological polar surface area (TPSA) is 123 Å². The Kier molecular flexibility index (Phi) is 4.74. The minimum Gasteiger partial charge on any atom is -0.477 e. The van der Waals surface area contributed by atoms with Crippen LogP contribution in [0.25, 0.3) is 0 Å². The van der Waals surface area contributed by atoms with Gasteiger partial charge in [0.05, 0.1) is 24.5 Å². The average Bonchev–Trinajstić information content (AvgIpc) is 2.90. The molecule has 0 aliphatic carbocycles. The highest BCUT2D eigenvalue weighted by Crippen LogP contribution is 2.45. The lowest BCUT2D eigenvalue weighted by Gasteiger charge is -2.44. The van der Waals surface area contributed by atoms with Gasteiger partial charge in [0.25, 0.3) is 0 Å². The fourth-order valence-corrected chi connectivity index (χ4v) is 3.90. The van der Waals surface area contributed by atoms with Crippen LogP contribution in [0.3, 0.4) is 0 Å². The highest BCUT2D eigenvalue weighted by Gasteiger charge is 2.57. The first-order valence-electron chi connectivity index (χ1n) is 8.67. The minimum atomic E-state index is -1.13. The highest BCUT2D eigenvalue weighted by molar-refractivity contribution is 6.01. The first kappa shape index (κ1) is 18.4. The number of aliphatic carboxylic acids is 1. The smallest absolute Gasteiger partial charge is 0.352 e. The Balaban J connectivity index is 1.76. The van der Waals surface area contributed by atoms with Crippen LogP contribution in [0.15, 0.2) is 16.3 Å². The molecule has 0 aromatic carbocycles. The lowest BCUT2D eigenvalue weighted by Crippen LogP contribution is -2.61. The zero-order valence-electron chi connectivity index (χ0n) is 15.1. The Morgan fingerprint density at radius 2 is 2.12 bits per heavy atom. The molecule has 142 valence electrons. The monoisotopic (exact) mass is 364 g/mol. The van der Waals surface area contributed by atoms with Gasteiger partial charge < -0.3 is 25.3 Å². The number of β-lactam (4-membered cyclic amide) rings is 1. The van der Waals surface area contributed by atoms with Crippen molar-refractivity contribution in [3.8, 4) is 0 Å². The summed E-state index contributed by atoms with van der Waals surface area (Å²) in [6.07, 6.45) is -0.178. The number of aliphatic hydroxyl groups is 1. The molecule has 1 unspecified atom stereocenters. The Morgan fingerprint density at radius 1 is 1.42 bits per heavy atom. The van der Waals surface area contributed by atoms with Gasteiger partial charge in [0, 0.05) is 33.1 Å². The van der Waals surface area contributed by atoms with E-state index in [-0.39, 0.29) is 35.9 Å². The van der Waals surface area contributed by atoms with E-state index in [1.165, 1.54) is 9.80 Å². The van der Waals surface area contributed by atoms with Crippen molar-refractivity contribution in [1.82, 2.24) is 15.1 Å². The van der Waals surface area contributed by atoms with Gasteiger partial charge in [0.15, 0.2) is 0 Å². The molecule has 0 spiro atoms. The predicted molar refractivity (Wildman–Crippen MR) is 92.2 cm³/mol. The van der Waals surface area contributed by atoms with Crippen LogP contribution in [0.1, 0.15) is 19.8 Å². The summed E-state index contributed by atoms with van der Waals surface area (Å²) in [6, 6.07) is -0.288. The maximum atomic E-state index is 12.2. The third kappa shape index (κ3) is 2.96. The number of hydrogen-bond acceptors (Lipinski definition) is 6. The molecule has 3 heterocycles. The third-order valence-electron chi connectivity index (χ3n) is 5.33. The molecule has 9 nitrogen and oxygen atoms in total. The predicted octanol–water partition coefficient (Wildman–Crippen LogP) is -0.967. The zero-order valence-corrected chi connectivity index (χ0v) is 15.1. The summed E-state index contributed by atoms with van der Waals surface area (Å²) in [5.74, 6) is -1.62. The van der Waals surface area contributed by atoms with Gasteiger partial charge in [-0.15, -0.1) is 0 Å². The first-order valence-corrected chi connectivity index (χ1v) is 8.67. The highest BCUT2D eigenvalue weighted by atomic mass is 16.4. The van der Waals surface area contributed by atoms with Crippen molar-refractivity contribution in [3.63, 3.8) is 0 Å². The van der Waals surface area contributed by atoms with E-state index in [0.717, 1.165) is 0 Å². The largest absolute Gasteiger partial charge is 0.477 e. The number of rotatable bonds is 5. The standard InChI is InChI=1S/C17H24N4O5/c1-8(22)14-11-4-10(15(17(25)26)21(11)16(14)24)9-6-18-12(19-7-9)5-13(23)20(2)3/h8-9,11,14,22H,4-7H2,1-3H3,(H,18,19)(H,25,26)/t8-,11-,14-/m1/s1. The summed E-state index contributed by atoms with van der Waals surface area (Å²) in [7, 11) is 3.35. The van der Waals surface area contributed by atoms with Crippen LogP contribution in [0.2, 0.25) is 0 Å². The van der Waals surface area contributed by atoms with Gasteiger partial charge in [0.1, 0.15) is 11.5 Å². The molecule has 3 rings (SSSR count). The molecule has 4 atom stereocenters. The normalized spacial score (nSPS) is 28.8. The second-order valence-corrected chi connectivity index (χ2v) is 7.26. The lowest BCUT2D eigenvalue weighted by atomic mass is 9.82. The summed E-state index contributed by atoms with van der Waals surface area (Å²) in [5, 5.41) is 22.5. The molecule has 1 fully saturated rings. The van der Waals surface area contributed by atoms with Crippen molar-refractivity contribution in [1.29, 1.82) is 0 Å². The van der Waals surface area contributed by atoms with Crippen LogP contribution in [0.5, 0.6) is 0 Å². The SMILES string of the molecule is C[C@@H](O)[C@H]1C(=O)N2C(C(=O)O)=C(C3CN=C(CC(=O)N(C)C)NC3)C[C@H]12. The zero-order chi connectivity index (χ0) is 19.2. The number of carbonyl (C=O) groups excluding carboxylic acids is 2. The summed E-state index contributed by atoms with van der Waals surface area (Å²) in [6.45, 7) is 2.40. The first-order chi connectivity index (χ1) is 12.2. The summed E-state index contributed by atoms with van der Waals surface area (Å²) in [4.78, 5) is 42.9. The number of carbonyl (C=O) groups is 3. The van der Waals surface area contributed by atoms with Crippen LogP contribution < -0.4 is 5.32 Å². The van der Waals surface area contributed by atoms with E-state index in [1.807, 2.05) is 0 Å². The van der Waals surface area contributed by atoms with Gasteiger partial charge in [-0.2, -0.15) is 0 Å². The Labute approximate surface area is 151 Å².